The van der Waals surface area contributed by atoms with Crippen LogP contribution in [0.1, 0.15) is 13.8 Å². The molecule has 2 aromatic carbocycles. The van der Waals surface area contributed by atoms with E-state index in [1.165, 1.54) is 6.33 Å². The Morgan fingerprint density at radius 1 is 0.880 bits per heavy atom. The zero-order valence-electron chi connectivity index (χ0n) is 14.0. The Morgan fingerprint density at radius 3 is 2.16 bits per heavy atom. The molecular weight excluding hydrogens is 336 g/mol. The summed E-state index contributed by atoms with van der Waals surface area (Å²) in [6.07, 6.45) is 1.58. The average Bonchev–Trinajstić information content (AvgIpc) is 2.59. The number of ether oxygens (including phenoxy) is 1. The summed E-state index contributed by atoms with van der Waals surface area (Å²) in [6, 6.07) is 17.1. The van der Waals surface area contributed by atoms with Gasteiger partial charge in [-0.3, -0.25) is 0 Å². The Labute approximate surface area is 152 Å². The number of aromatic nitrogens is 2. The molecular formula is C19H19ClN4O. The summed E-state index contributed by atoms with van der Waals surface area (Å²) in [4.78, 5) is 8.50. The van der Waals surface area contributed by atoms with Crippen LogP contribution < -0.4 is 15.4 Å². The molecule has 2 N–H and O–H groups in total. The van der Waals surface area contributed by atoms with E-state index in [4.69, 9.17) is 16.3 Å². The van der Waals surface area contributed by atoms with Gasteiger partial charge in [0.15, 0.2) is 0 Å². The smallest absolute Gasteiger partial charge is 0.143 e. The minimum atomic E-state index is 0.0887. The van der Waals surface area contributed by atoms with Gasteiger partial charge in [0, 0.05) is 6.07 Å². The molecule has 3 rings (SSSR count). The first-order chi connectivity index (χ1) is 12.1. The van der Waals surface area contributed by atoms with E-state index in [0.29, 0.717) is 16.7 Å². The van der Waals surface area contributed by atoms with Gasteiger partial charge < -0.3 is 15.4 Å². The second kappa shape index (κ2) is 7.85. The number of para-hydroxylation sites is 3. The van der Waals surface area contributed by atoms with Crippen molar-refractivity contribution in [1.29, 1.82) is 0 Å². The van der Waals surface area contributed by atoms with Gasteiger partial charge in [0.25, 0.3) is 0 Å². The van der Waals surface area contributed by atoms with Crippen molar-refractivity contribution in [3.8, 4) is 5.75 Å². The van der Waals surface area contributed by atoms with Crippen LogP contribution >= 0.6 is 11.6 Å². The Bertz CT molecular complexity index is 854. The third-order valence-corrected chi connectivity index (χ3v) is 3.65. The van der Waals surface area contributed by atoms with Crippen molar-refractivity contribution in [2.24, 2.45) is 0 Å². The van der Waals surface area contributed by atoms with Gasteiger partial charge in [-0.15, -0.1) is 0 Å². The van der Waals surface area contributed by atoms with Crippen molar-refractivity contribution >= 4 is 34.6 Å². The zero-order chi connectivity index (χ0) is 17.6. The van der Waals surface area contributed by atoms with Crippen LogP contribution in [0.25, 0.3) is 0 Å². The normalized spacial score (nSPS) is 10.6. The van der Waals surface area contributed by atoms with Crippen LogP contribution in [0.4, 0.5) is 23.0 Å². The number of benzene rings is 2. The SMILES string of the molecule is CC(C)Oc1ccccc1Nc1cc(Nc2ccccc2Cl)ncn1. The number of hydrogen-bond acceptors (Lipinski definition) is 5. The lowest BCUT2D eigenvalue weighted by Crippen LogP contribution is -2.07. The first-order valence-corrected chi connectivity index (χ1v) is 8.36. The number of nitrogens with zero attached hydrogens (tertiary/aromatic N) is 2. The van der Waals surface area contributed by atoms with E-state index in [9.17, 15) is 0 Å². The van der Waals surface area contributed by atoms with Gasteiger partial charge in [-0.05, 0) is 38.1 Å². The van der Waals surface area contributed by atoms with Crippen molar-refractivity contribution in [2.75, 3.05) is 10.6 Å². The molecule has 0 spiro atoms. The topological polar surface area (TPSA) is 59.1 Å². The molecule has 128 valence electrons. The van der Waals surface area contributed by atoms with Crippen molar-refractivity contribution in [3.05, 3.63) is 65.9 Å². The average molecular weight is 355 g/mol. The van der Waals surface area contributed by atoms with Crippen LogP contribution in [0.15, 0.2) is 60.9 Å². The minimum absolute atomic E-state index is 0.0887. The van der Waals surface area contributed by atoms with Gasteiger partial charge in [-0.1, -0.05) is 35.9 Å². The molecule has 0 aliphatic rings. The molecule has 3 aromatic rings. The highest BCUT2D eigenvalue weighted by Crippen LogP contribution is 2.29. The fourth-order valence-electron chi connectivity index (χ4n) is 2.26. The molecule has 5 nitrogen and oxygen atoms in total. The maximum Gasteiger partial charge on any atom is 0.143 e. The molecule has 0 saturated heterocycles. The highest BCUT2D eigenvalue weighted by Gasteiger charge is 2.07. The zero-order valence-corrected chi connectivity index (χ0v) is 14.8. The number of hydrogen-bond donors (Lipinski definition) is 2. The molecule has 0 unspecified atom stereocenters. The van der Waals surface area contributed by atoms with Crippen molar-refractivity contribution in [1.82, 2.24) is 9.97 Å². The highest BCUT2D eigenvalue weighted by molar-refractivity contribution is 6.33. The molecule has 0 radical (unpaired) electrons. The maximum absolute atomic E-state index is 6.17. The summed E-state index contributed by atoms with van der Waals surface area (Å²) in [7, 11) is 0. The van der Waals surface area contributed by atoms with E-state index < -0.39 is 0 Å². The first-order valence-electron chi connectivity index (χ1n) is 7.98. The lowest BCUT2D eigenvalue weighted by atomic mass is 10.3. The van der Waals surface area contributed by atoms with Crippen LogP contribution in [-0.2, 0) is 0 Å². The number of anilines is 4. The summed E-state index contributed by atoms with van der Waals surface area (Å²) in [5, 5.41) is 7.09. The summed E-state index contributed by atoms with van der Waals surface area (Å²) >= 11 is 6.17. The number of halogens is 1. The van der Waals surface area contributed by atoms with Crippen molar-refractivity contribution < 1.29 is 4.74 Å². The van der Waals surface area contributed by atoms with Gasteiger partial charge in [0.05, 0.1) is 22.5 Å². The Morgan fingerprint density at radius 2 is 1.48 bits per heavy atom. The predicted molar refractivity (Wildman–Crippen MR) is 102 cm³/mol. The fourth-order valence-corrected chi connectivity index (χ4v) is 2.44. The lowest BCUT2D eigenvalue weighted by Gasteiger charge is -2.15. The van der Waals surface area contributed by atoms with Gasteiger partial charge in [-0.25, -0.2) is 9.97 Å². The largest absolute Gasteiger partial charge is 0.489 e. The Kier molecular flexibility index (Phi) is 5.36. The van der Waals surface area contributed by atoms with Gasteiger partial charge in [-0.2, -0.15) is 0 Å². The van der Waals surface area contributed by atoms with E-state index in [-0.39, 0.29) is 6.10 Å². The monoisotopic (exact) mass is 354 g/mol. The molecule has 0 fully saturated rings. The third kappa shape index (κ3) is 4.61. The molecule has 1 heterocycles. The van der Waals surface area contributed by atoms with Gasteiger partial charge in [0.1, 0.15) is 23.7 Å². The van der Waals surface area contributed by atoms with Crippen LogP contribution in [0, 0.1) is 0 Å². The second-order valence-corrected chi connectivity index (χ2v) is 6.09. The molecule has 1 aromatic heterocycles. The van der Waals surface area contributed by atoms with Gasteiger partial charge >= 0.3 is 0 Å². The van der Waals surface area contributed by atoms with Crippen LogP contribution in [0.5, 0.6) is 5.75 Å². The third-order valence-electron chi connectivity index (χ3n) is 3.32. The number of rotatable bonds is 6. The summed E-state index contributed by atoms with van der Waals surface area (Å²) in [5.41, 5.74) is 1.64. The highest BCUT2D eigenvalue weighted by atomic mass is 35.5. The van der Waals surface area contributed by atoms with E-state index in [1.54, 1.807) is 0 Å². The Balaban J connectivity index is 1.80. The maximum atomic E-state index is 6.17. The lowest BCUT2D eigenvalue weighted by molar-refractivity contribution is 0.244. The van der Waals surface area contributed by atoms with E-state index in [1.807, 2.05) is 68.4 Å². The first kappa shape index (κ1) is 17.0. The molecule has 25 heavy (non-hydrogen) atoms. The van der Waals surface area contributed by atoms with E-state index >= 15 is 0 Å². The van der Waals surface area contributed by atoms with Crippen molar-refractivity contribution in [2.45, 2.75) is 20.0 Å². The molecule has 0 atom stereocenters. The molecule has 0 amide bonds. The molecule has 0 aliphatic heterocycles. The number of nitrogens with one attached hydrogen (secondary N) is 2. The second-order valence-electron chi connectivity index (χ2n) is 5.68. The molecule has 0 aliphatic carbocycles. The minimum Gasteiger partial charge on any atom is -0.489 e. The predicted octanol–water partition coefficient (Wildman–Crippen LogP) is 5.40. The summed E-state index contributed by atoms with van der Waals surface area (Å²) in [6.45, 7) is 3.99. The van der Waals surface area contributed by atoms with E-state index in [2.05, 4.69) is 20.6 Å². The van der Waals surface area contributed by atoms with Crippen LogP contribution in [0.2, 0.25) is 5.02 Å². The molecule has 6 heteroatoms. The van der Waals surface area contributed by atoms with Crippen molar-refractivity contribution in [3.63, 3.8) is 0 Å². The summed E-state index contributed by atoms with van der Waals surface area (Å²) in [5.74, 6) is 2.08. The molecule has 0 saturated carbocycles. The summed E-state index contributed by atoms with van der Waals surface area (Å²) < 4.78 is 5.82. The fraction of sp³-hybridized carbons (Fsp3) is 0.158. The van der Waals surface area contributed by atoms with Gasteiger partial charge in [0.2, 0.25) is 0 Å². The molecule has 0 bridgehead atoms. The quantitative estimate of drug-likeness (QED) is 0.620. The standard InChI is InChI=1S/C19H19ClN4O/c1-13(2)25-17-10-6-5-9-16(17)24-19-11-18(21-12-22-19)23-15-8-4-3-7-14(15)20/h3-13H,1-2H3,(H2,21,22,23,24). The van der Waals surface area contributed by atoms with Crippen LogP contribution in [0.3, 0.4) is 0 Å². The van der Waals surface area contributed by atoms with Crippen LogP contribution in [-0.4, -0.2) is 16.1 Å². The van der Waals surface area contributed by atoms with E-state index in [0.717, 1.165) is 17.1 Å². The Hall–Kier alpha value is -2.79.